The first-order valence-corrected chi connectivity index (χ1v) is 8.76. The van der Waals surface area contributed by atoms with Crippen molar-refractivity contribution in [3.8, 4) is 11.5 Å². The van der Waals surface area contributed by atoms with Crippen LogP contribution in [0.25, 0.3) is 0 Å². The molecule has 0 aliphatic carbocycles. The fourth-order valence-corrected chi connectivity index (χ4v) is 3.74. The number of amides is 1. The van der Waals surface area contributed by atoms with Gasteiger partial charge in [-0.3, -0.25) is 4.79 Å². The summed E-state index contributed by atoms with van der Waals surface area (Å²) in [7, 11) is 4.67. The van der Waals surface area contributed by atoms with Crippen LogP contribution in [0.3, 0.4) is 0 Å². The van der Waals surface area contributed by atoms with Gasteiger partial charge in [-0.25, -0.2) is 8.42 Å². The van der Waals surface area contributed by atoms with Crippen molar-refractivity contribution in [1.29, 1.82) is 0 Å². The summed E-state index contributed by atoms with van der Waals surface area (Å²) in [6.07, 6.45) is 0.154. The SMILES string of the molecule is COc1ccc(N2CC(CS(=O)(=O)Cl)CC2=O)c(OC)c1. The van der Waals surface area contributed by atoms with Crippen LogP contribution in [0.2, 0.25) is 0 Å². The second-order valence-electron chi connectivity index (χ2n) is 4.82. The molecule has 0 aromatic heterocycles. The minimum Gasteiger partial charge on any atom is -0.497 e. The van der Waals surface area contributed by atoms with Gasteiger partial charge in [0, 0.05) is 35.6 Å². The maximum absolute atomic E-state index is 12.1. The molecule has 0 radical (unpaired) electrons. The lowest BCUT2D eigenvalue weighted by Gasteiger charge is -2.20. The van der Waals surface area contributed by atoms with E-state index in [2.05, 4.69) is 0 Å². The molecule has 0 saturated carbocycles. The minimum atomic E-state index is -3.62. The Morgan fingerprint density at radius 3 is 2.62 bits per heavy atom. The molecule has 21 heavy (non-hydrogen) atoms. The molecule has 0 spiro atoms. The second-order valence-corrected chi connectivity index (χ2v) is 7.64. The lowest BCUT2D eigenvalue weighted by Crippen LogP contribution is -2.25. The molecule has 1 aliphatic heterocycles. The van der Waals surface area contributed by atoms with Gasteiger partial charge in [-0.2, -0.15) is 0 Å². The second kappa shape index (κ2) is 6.11. The highest BCUT2D eigenvalue weighted by atomic mass is 35.7. The molecule has 1 aromatic rings. The fraction of sp³-hybridized carbons (Fsp3) is 0.462. The van der Waals surface area contributed by atoms with Crippen LogP contribution in [-0.2, 0) is 13.8 Å². The quantitative estimate of drug-likeness (QED) is 0.766. The summed E-state index contributed by atoms with van der Waals surface area (Å²) in [6, 6.07) is 5.11. The van der Waals surface area contributed by atoms with E-state index in [1.165, 1.54) is 19.1 Å². The Hall–Kier alpha value is -1.47. The molecule has 0 bridgehead atoms. The van der Waals surface area contributed by atoms with Crippen molar-refractivity contribution in [2.24, 2.45) is 5.92 Å². The summed E-state index contributed by atoms with van der Waals surface area (Å²) >= 11 is 0. The number of anilines is 1. The van der Waals surface area contributed by atoms with Crippen LogP contribution in [0.4, 0.5) is 5.69 Å². The molecule has 8 heteroatoms. The molecule has 1 saturated heterocycles. The standard InChI is InChI=1S/C13H16ClNO5S/c1-19-10-3-4-11(12(6-10)20-2)15-7-9(5-13(15)16)8-21(14,17)18/h3-4,6,9H,5,7-8H2,1-2H3. The third-order valence-corrected chi connectivity index (χ3v) is 4.57. The summed E-state index contributed by atoms with van der Waals surface area (Å²) in [6.45, 7) is 0.299. The average molecular weight is 334 g/mol. The average Bonchev–Trinajstić information content (AvgIpc) is 2.76. The summed E-state index contributed by atoms with van der Waals surface area (Å²) < 4.78 is 32.7. The zero-order chi connectivity index (χ0) is 15.6. The molecular weight excluding hydrogens is 318 g/mol. The van der Waals surface area contributed by atoms with Crippen LogP contribution in [-0.4, -0.2) is 40.8 Å². The first-order valence-electron chi connectivity index (χ1n) is 6.28. The predicted molar refractivity (Wildman–Crippen MR) is 79.6 cm³/mol. The lowest BCUT2D eigenvalue weighted by atomic mass is 10.1. The summed E-state index contributed by atoms with van der Waals surface area (Å²) in [5.74, 6) is 0.435. The number of benzene rings is 1. The van der Waals surface area contributed by atoms with Gasteiger partial charge in [-0.15, -0.1) is 0 Å². The lowest BCUT2D eigenvalue weighted by molar-refractivity contribution is -0.117. The highest BCUT2D eigenvalue weighted by Crippen LogP contribution is 2.36. The van der Waals surface area contributed by atoms with Crippen LogP contribution >= 0.6 is 10.7 Å². The van der Waals surface area contributed by atoms with Gasteiger partial charge in [0.25, 0.3) is 0 Å². The highest BCUT2D eigenvalue weighted by Gasteiger charge is 2.34. The van der Waals surface area contributed by atoms with Crippen molar-refractivity contribution in [3.63, 3.8) is 0 Å². The molecule has 1 amide bonds. The number of ether oxygens (including phenoxy) is 2. The summed E-state index contributed by atoms with van der Waals surface area (Å²) in [5, 5.41) is 0. The molecule has 116 valence electrons. The zero-order valence-electron chi connectivity index (χ0n) is 11.7. The van der Waals surface area contributed by atoms with Crippen LogP contribution in [0.5, 0.6) is 11.5 Å². The number of hydrogen-bond donors (Lipinski definition) is 0. The van der Waals surface area contributed by atoms with Crippen molar-refractivity contribution in [1.82, 2.24) is 0 Å². The number of methoxy groups -OCH3 is 2. The number of carbonyl (C=O) groups is 1. The monoisotopic (exact) mass is 333 g/mol. The van der Waals surface area contributed by atoms with Crippen molar-refractivity contribution < 1.29 is 22.7 Å². The normalized spacial score (nSPS) is 18.9. The maximum Gasteiger partial charge on any atom is 0.232 e. The topological polar surface area (TPSA) is 72.9 Å². The zero-order valence-corrected chi connectivity index (χ0v) is 13.3. The Morgan fingerprint density at radius 2 is 2.05 bits per heavy atom. The van der Waals surface area contributed by atoms with Gasteiger partial charge >= 0.3 is 0 Å². The van der Waals surface area contributed by atoms with E-state index in [4.69, 9.17) is 20.2 Å². The number of carbonyl (C=O) groups excluding carboxylic acids is 1. The largest absolute Gasteiger partial charge is 0.497 e. The molecule has 1 aliphatic rings. The van der Waals surface area contributed by atoms with Gasteiger partial charge in [0.2, 0.25) is 15.0 Å². The van der Waals surface area contributed by atoms with Gasteiger partial charge in [-0.05, 0) is 12.1 Å². The number of halogens is 1. The highest BCUT2D eigenvalue weighted by molar-refractivity contribution is 8.13. The predicted octanol–water partition coefficient (Wildman–Crippen LogP) is 1.63. The molecular formula is C13H16ClNO5S. The van der Waals surface area contributed by atoms with E-state index in [1.807, 2.05) is 0 Å². The van der Waals surface area contributed by atoms with Crippen LogP contribution in [0.1, 0.15) is 6.42 Å². The third-order valence-electron chi connectivity index (χ3n) is 3.32. The maximum atomic E-state index is 12.1. The molecule has 0 N–H and O–H groups in total. The summed E-state index contributed by atoms with van der Waals surface area (Å²) in [5.41, 5.74) is 0.595. The van der Waals surface area contributed by atoms with E-state index in [0.29, 0.717) is 23.7 Å². The van der Waals surface area contributed by atoms with Crippen molar-refractivity contribution >= 4 is 31.3 Å². The van der Waals surface area contributed by atoms with E-state index in [9.17, 15) is 13.2 Å². The van der Waals surface area contributed by atoms with E-state index < -0.39 is 9.05 Å². The molecule has 1 heterocycles. The Morgan fingerprint density at radius 1 is 1.33 bits per heavy atom. The van der Waals surface area contributed by atoms with Crippen LogP contribution in [0.15, 0.2) is 18.2 Å². The van der Waals surface area contributed by atoms with Crippen molar-refractivity contribution in [2.75, 3.05) is 31.4 Å². The number of hydrogen-bond acceptors (Lipinski definition) is 5. The van der Waals surface area contributed by atoms with Gasteiger partial charge in [-0.1, -0.05) is 0 Å². The Kier molecular flexibility index (Phi) is 4.63. The Balaban J connectivity index is 2.24. The number of nitrogens with zero attached hydrogens (tertiary/aromatic N) is 1. The third kappa shape index (κ3) is 3.79. The fourth-order valence-electron chi connectivity index (χ4n) is 2.42. The van der Waals surface area contributed by atoms with Gasteiger partial charge in [0.05, 0.1) is 25.7 Å². The van der Waals surface area contributed by atoms with Crippen molar-refractivity contribution in [2.45, 2.75) is 6.42 Å². The molecule has 1 fully saturated rings. The van der Waals surface area contributed by atoms with Crippen molar-refractivity contribution in [3.05, 3.63) is 18.2 Å². The Bertz CT molecular complexity index is 646. The van der Waals surface area contributed by atoms with Crippen LogP contribution < -0.4 is 14.4 Å². The smallest absolute Gasteiger partial charge is 0.232 e. The Labute approximate surface area is 128 Å². The summed E-state index contributed by atoms with van der Waals surface area (Å²) in [4.78, 5) is 13.6. The van der Waals surface area contributed by atoms with E-state index >= 15 is 0 Å². The molecule has 1 aromatic carbocycles. The molecule has 2 rings (SSSR count). The van der Waals surface area contributed by atoms with E-state index in [1.54, 1.807) is 18.2 Å². The minimum absolute atomic E-state index is 0.149. The first kappa shape index (κ1) is 15.9. The molecule has 1 unspecified atom stereocenters. The van der Waals surface area contributed by atoms with Crippen LogP contribution in [0, 0.1) is 5.92 Å². The number of rotatable bonds is 5. The van der Waals surface area contributed by atoms with Gasteiger partial charge < -0.3 is 14.4 Å². The van der Waals surface area contributed by atoms with Gasteiger partial charge in [0.15, 0.2) is 0 Å². The van der Waals surface area contributed by atoms with E-state index in [-0.39, 0.29) is 24.0 Å². The van der Waals surface area contributed by atoms with E-state index in [0.717, 1.165) is 0 Å². The van der Waals surface area contributed by atoms with Gasteiger partial charge in [0.1, 0.15) is 11.5 Å². The molecule has 6 nitrogen and oxygen atoms in total. The molecule has 1 atom stereocenters. The first-order chi connectivity index (χ1) is 9.84.